The molecule has 1 atom stereocenters. The first-order valence-electron chi connectivity index (χ1n) is 17.1. The molecule has 3 aromatic heterocycles. The maximum atomic E-state index is 16.6. The third kappa shape index (κ3) is 6.99. The molecule has 0 radical (unpaired) electrons. The number of thioether (sulfide) groups is 1. The zero-order chi connectivity index (χ0) is 37.1. The van der Waals surface area contributed by atoms with Crippen LogP contribution in [0.2, 0.25) is 5.02 Å². The van der Waals surface area contributed by atoms with Gasteiger partial charge in [-0.1, -0.05) is 30.7 Å². The quantitative estimate of drug-likeness (QED) is 0.178. The lowest BCUT2D eigenvalue weighted by molar-refractivity contribution is 0.325. The monoisotopic (exact) mass is 766 g/mol. The molecule has 274 valence electrons. The molecule has 0 amide bonds. The summed E-state index contributed by atoms with van der Waals surface area (Å²) in [5.41, 5.74) is 12.9. The molecule has 2 aromatic carbocycles. The van der Waals surface area contributed by atoms with Crippen molar-refractivity contribution in [2.75, 3.05) is 61.7 Å². The van der Waals surface area contributed by atoms with Crippen molar-refractivity contribution in [1.82, 2.24) is 19.9 Å². The Hall–Kier alpha value is -4.16. The molecule has 0 aliphatic carbocycles. The SMILES string of the molecule is C1CC2CCCN2C1.CCSC.COc1nc2c3c(c(Cl)c(-c4ccc(F)c5sc(N)c(C#N)c45)c(F)c3n1)OCCN2[C@H](C)c1cccnc1N. The minimum atomic E-state index is -0.814. The molecule has 4 N–H and O–H groups in total. The smallest absolute Gasteiger partial charge is 0.318 e. The highest BCUT2D eigenvalue weighted by molar-refractivity contribution is 7.98. The number of nitrogen functional groups attached to an aromatic ring is 2. The number of aromatic nitrogens is 3. The summed E-state index contributed by atoms with van der Waals surface area (Å²) in [4.78, 5) is 17.6. The van der Waals surface area contributed by atoms with Crippen molar-refractivity contribution >= 4 is 72.3 Å². The maximum absolute atomic E-state index is 16.6. The van der Waals surface area contributed by atoms with Crippen molar-refractivity contribution in [1.29, 1.82) is 5.26 Å². The molecule has 2 fully saturated rings. The Balaban J connectivity index is 0.000000327. The average Bonchev–Trinajstić information content (AvgIpc) is 3.85. The van der Waals surface area contributed by atoms with E-state index < -0.39 is 11.6 Å². The van der Waals surface area contributed by atoms with Crippen LogP contribution in [0.4, 0.5) is 25.4 Å². The van der Waals surface area contributed by atoms with E-state index in [4.69, 9.17) is 32.5 Å². The summed E-state index contributed by atoms with van der Waals surface area (Å²) in [6.07, 6.45) is 9.59. The number of benzene rings is 2. The fraction of sp³-hybridized carbons (Fsp3) is 0.405. The van der Waals surface area contributed by atoms with E-state index in [2.05, 4.69) is 33.0 Å². The van der Waals surface area contributed by atoms with Crippen molar-refractivity contribution in [3.63, 3.8) is 0 Å². The first-order valence-corrected chi connectivity index (χ1v) is 19.7. The summed E-state index contributed by atoms with van der Waals surface area (Å²) in [5.74, 6) is 0.666. The number of pyridine rings is 1. The lowest BCUT2D eigenvalue weighted by Crippen LogP contribution is -2.31. The number of methoxy groups -OCH3 is 1. The van der Waals surface area contributed by atoms with Gasteiger partial charge in [0.1, 0.15) is 40.6 Å². The van der Waals surface area contributed by atoms with Crippen LogP contribution in [0.3, 0.4) is 0 Å². The van der Waals surface area contributed by atoms with Crippen LogP contribution in [-0.2, 0) is 0 Å². The van der Waals surface area contributed by atoms with Gasteiger partial charge in [0, 0.05) is 28.8 Å². The number of rotatable bonds is 5. The van der Waals surface area contributed by atoms with Gasteiger partial charge in [-0.15, -0.1) is 11.3 Å². The highest BCUT2D eigenvalue weighted by atomic mass is 35.5. The predicted molar refractivity (Wildman–Crippen MR) is 209 cm³/mol. The number of anilines is 3. The van der Waals surface area contributed by atoms with Crippen LogP contribution in [-0.4, -0.2) is 71.3 Å². The Bertz CT molecular complexity index is 2120. The van der Waals surface area contributed by atoms with E-state index in [0.29, 0.717) is 18.2 Å². The van der Waals surface area contributed by atoms with Gasteiger partial charge < -0.3 is 30.7 Å². The van der Waals surface area contributed by atoms with Gasteiger partial charge in [-0.05, 0) is 75.4 Å². The Morgan fingerprint density at radius 2 is 1.88 bits per heavy atom. The van der Waals surface area contributed by atoms with Gasteiger partial charge in [-0.25, -0.2) is 13.8 Å². The first-order chi connectivity index (χ1) is 25.1. The Morgan fingerprint density at radius 1 is 1.15 bits per heavy atom. The van der Waals surface area contributed by atoms with Crippen LogP contribution >= 0.6 is 34.7 Å². The van der Waals surface area contributed by atoms with Crippen molar-refractivity contribution < 1.29 is 18.3 Å². The van der Waals surface area contributed by atoms with Gasteiger partial charge in [-0.3, -0.25) is 0 Å². The number of thiophene rings is 1. The second kappa shape index (κ2) is 16.2. The van der Waals surface area contributed by atoms with Crippen LogP contribution in [0.25, 0.3) is 32.1 Å². The lowest BCUT2D eigenvalue weighted by atomic mass is 9.96. The van der Waals surface area contributed by atoms with E-state index >= 15 is 4.39 Å². The van der Waals surface area contributed by atoms with E-state index in [-0.39, 0.29) is 72.1 Å². The van der Waals surface area contributed by atoms with Crippen LogP contribution < -0.4 is 25.8 Å². The molecule has 5 aromatic rings. The molecule has 0 saturated carbocycles. The normalized spacial score (nSPS) is 15.9. The number of nitrogens with two attached hydrogens (primary N) is 2. The van der Waals surface area contributed by atoms with Crippen molar-refractivity contribution in [2.24, 2.45) is 0 Å². The fourth-order valence-electron chi connectivity index (χ4n) is 7.14. The Kier molecular flexibility index (Phi) is 11.7. The Labute approximate surface area is 315 Å². The molecule has 15 heteroatoms. The van der Waals surface area contributed by atoms with Crippen LogP contribution in [0.15, 0.2) is 30.5 Å². The number of nitrogens with zero attached hydrogens (tertiary/aromatic N) is 6. The summed E-state index contributed by atoms with van der Waals surface area (Å²) in [6, 6.07) is 8.77. The Morgan fingerprint density at radius 3 is 2.52 bits per heavy atom. The molecule has 0 bridgehead atoms. The number of halogens is 3. The van der Waals surface area contributed by atoms with E-state index in [1.807, 2.05) is 35.7 Å². The zero-order valence-electron chi connectivity index (χ0n) is 29.5. The number of ether oxygens (including phenoxy) is 2. The molecule has 0 spiro atoms. The molecule has 3 aliphatic heterocycles. The molecule has 3 aliphatic rings. The molecule has 8 rings (SSSR count). The predicted octanol–water partition coefficient (Wildman–Crippen LogP) is 8.46. The zero-order valence-corrected chi connectivity index (χ0v) is 31.9. The number of nitriles is 1. The van der Waals surface area contributed by atoms with Gasteiger partial charge >= 0.3 is 6.01 Å². The van der Waals surface area contributed by atoms with Gasteiger partial charge in [-0.2, -0.15) is 27.0 Å². The minimum absolute atomic E-state index is 0.0341. The third-order valence-electron chi connectivity index (χ3n) is 9.73. The first kappa shape index (κ1) is 37.6. The summed E-state index contributed by atoms with van der Waals surface area (Å²) < 4.78 is 43.0. The highest BCUT2D eigenvalue weighted by Gasteiger charge is 2.33. The van der Waals surface area contributed by atoms with E-state index in [9.17, 15) is 9.65 Å². The van der Waals surface area contributed by atoms with Crippen LogP contribution in [0.1, 0.15) is 56.7 Å². The lowest BCUT2D eigenvalue weighted by Gasteiger charge is -2.30. The molecule has 6 heterocycles. The summed E-state index contributed by atoms with van der Waals surface area (Å²) in [5, 5.41) is 10.2. The molecular formula is C37H41ClF2N8O2S2. The fourth-order valence-corrected chi connectivity index (χ4v) is 8.42. The van der Waals surface area contributed by atoms with E-state index in [0.717, 1.165) is 22.9 Å². The highest BCUT2D eigenvalue weighted by Crippen LogP contribution is 2.51. The van der Waals surface area contributed by atoms with Crippen molar-refractivity contribution in [3.8, 4) is 29.0 Å². The standard InChI is InChI=1S/C27H20ClF2N7O2S.C7H13N.C3H8S/c1-11(12-4-3-7-34-24(12)32)37-8-9-39-22-18-21(35-27(38-2)36-26(18)37)20(30)17(19(22)28)13-5-6-15(29)23-16(13)14(10-31)25(33)40-23;1-3-7-4-2-6-8(7)5-1;1-3-4-2/h3-7,11H,8-9,33H2,1-2H3,(H2,32,34);7H,1-6H2;3H2,1-2H3/t11-;;/m1../s1. The van der Waals surface area contributed by atoms with Gasteiger partial charge in [0.05, 0.1) is 40.4 Å². The maximum Gasteiger partial charge on any atom is 0.318 e. The van der Waals surface area contributed by atoms with Crippen LogP contribution in [0, 0.1) is 23.0 Å². The third-order valence-corrected chi connectivity index (χ3v) is 11.7. The summed E-state index contributed by atoms with van der Waals surface area (Å²) in [6.45, 7) is 7.36. The average molecular weight is 767 g/mol. The molecule has 2 saturated heterocycles. The molecule has 10 nitrogen and oxygen atoms in total. The summed E-state index contributed by atoms with van der Waals surface area (Å²) in [7, 11) is 1.38. The van der Waals surface area contributed by atoms with Gasteiger partial charge in [0.2, 0.25) is 0 Å². The topological polar surface area (TPSA) is 139 Å². The second-order valence-electron chi connectivity index (χ2n) is 12.6. The van der Waals surface area contributed by atoms with E-state index in [1.54, 1.807) is 12.3 Å². The second-order valence-corrected chi connectivity index (χ2v) is 15.2. The summed E-state index contributed by atoms with van der Waals surface area (Å²) >= 11 is 9.65. The molecule has 52 heavy (non-hydrogen) atoms. The number of hydrogen-bond donors (Lipinski definition) is 2. The molecular weight excluding hydrogens is 726 g/mol. The van der Waals surface area contributed by atoms with Crippen LogP contribution in [0.5, 0.6) is 11.8 Å². The van der Waals surface area contributed by atoms with Crippen molar-refractivity contribution in [3.05, 3.63) is 58.2 Å². The van der Waals surface area contributed by atoms with Gasteiger partial charge in [0.15, 0.2) is 11.6 Å². The minimum Gasteiger partial charge on any atom is -0.489 e. The number of hydrogen-bond acceptors (Lipinski definition) is 12. The van der Waals surface area contributed by atoms with Gasteiger partial charge in [0.25, 0.3) is 0 Å². The van der Waals surface area contributed by atoms with E-state index in [1.165, 1.54) is 63.8 Å². The van der Waals surface area contributed by atoms with Crippen molar-refractivity contribution in [2.45, 2.75) is 51.6 Å². The molecule has 0 unspecified atom stereocenters. The largest absolute Gasteiger partial charge is 0.489 e. The number of fused-ring (bicyclic) bond motifs is 2.